The molecule has 21 heavy (non-hydrogen) atoms. The second-order valence-electron chi connectivity index (χ2n) is 5.56. The van der Waals surface area contributed by atoms with Crippen LogP contribution >= 0.6 is 11.8 Å². The molecule has 0 spiro atoms. The highest BCUT2D eigenvalue weighted by atomic mass is 32.2. The van der Waals surface area contributed by atoms with Crippen molar-refractivity contribution in [2.45, 2.75) is 27.2 Å². The first-order valence-electron chi connectivity index (χ1n) is 7.11. The third-order valence-electron chi connectivity index (χ3n) is 3.47. The predicted molar refractivity (Wildman–Crippen MR) is 84.5 cm³/mol. The van der Waals surface area contributed by atoms with E-state index in [0.29, 0.717) is 29.3 Å². The number of rotatable bonds is 4. The SMILES string of the molecule is COC(=O)C1=C(C)N(CC(C)C)C(=O)/C1=C\C1=CCCS1. The van der Waals surface area contributed by atoms with Crippen molar-refractivity contribution in [3.05, 3.63) is 33.9 Å². The second kappa shape index (κ2) is 6.52. The van der Waals surface area contributed by atoms with Crippen LogP contribution < -0.4 is 0 Å². The summed E-state index contributed by atoms with van der Waals surface area (Å²) in [4.78, 5) is 27.4. The van der Waals surface area contributed by atoms with Crippen LogP contribution in [0.3, 0.4) is 0 Å². The van der Waals surface area contributed by atoms with Crippen molar-refractivity contribution < 1.29 is 14.3 Å². The summed E-state index contributed by atoms with van der Waals surface area (Å²) in [6.07, 6.45) is 4.93. The number of methoxy groups -OCH3 is 1. The number of carbonyl (C=O) groups excluding carboxylic acids is 2. The lowest BCUT2D eigenvalue weighted by molar-refractivity contribution is -0.136. The van der Waals surface area contributed by atoms with Crippen molar-refractivity contribution in [3.8, 4) is 0 Å². The van der Waals surface area contributed by atoms with E-state index >= 15 is 0 Å². The maximum Gasteiger partial charge on any atom is 0.340 e. The summed E-state index contributed by atoms with van der Waals surface area (Å²) in [7, 11) is 1.35. The molecule has 0 N–H and O–H groups in total. The maximum absolute atomic E-state index is 12.6. The van der Waals surface area contributed by atoms with E-state index in [9.17, 15) is 9.59 Å². The Morgan fingerprint density at radius 1 is 1.52 bits per heavy atom. The molecule has 5 heteroatoms. The number of carbonyl (C=O) groups is 2. The molecule has 0 bridgehead atoms. The van der Waals surface area contributed by atoms with Gasteiger partial charge in [-0.2, -0.15) is 0 Å². The first-order chi connectivity index (χ1) is 9.95. The third-order valence-corrected chi connectivity index (χ3v) is 4.53. The van der Waals surface area contributed by atoms with Crippen LogP contribution in [0.2, 0.25) is 0 Å². The van der Waals surface area contributed by atoms with Crippen molar-refractivity contribution in [1.82, 2.24) is 4.90 Å². The van der Waals surface area contributed by atoms with Crippen LogP contribution in [0.5, 0.6) is 0 Å². The molecular formula is C16H21NO3S. The smallest absolute Gasteiger partial charge is 0.340 e. The zero-order valence-corrected chi connectivity index (χ0v) is 13.8. The largest absolute Gasteiger partial charge is 0.465 e. The third kappa shape index (κ3) is 3.23. The Balaban J connectivity index is 2.42. The first-order valence-corrected chi connectivity index (χ1v) is 8.10. The van der Waals surface area contributed by atoms with Gasteiger partial charge in [0.1, 0.15) is 0 Å². The van der Waals surface area contributed by atoms with Gasteiger partial charge in [-0.3, -0.25) is 4.79 Å². The molecule has 0 atom stereocenters. The molecule has 0 aromatic heterocycles. The zero-order valence-electron chi connectivity index (χ0n) is 12.9. The van der Waals surface area contributed by atoms with Gasteiger partial charge in [-0.15, -0.1) is 11.8 Å². The monoisotopic (exact) mass is 307 g/mol. The summed E-state index contributed by atoms with van der Waals surface area (Å²) in [5.41, 5.74) is 1.55. The van der Waals surface area contributed by atoms with Gasteiger partial charge < -0.3 is 9.64 Å². The number of allylic oxidation sites excluding steroid dienone is 3. The molecule has 0 radical (unpaired) electrons. The van der Waals surface area contributed by atoms with Crippen LogP contribution in [0.1, 0.15) is 27.2 Å². The minimum Gasteiger partial charge on any atom is -0.465 e. The van der Waals surface area contributed by atoms with Gasteiger partial charge in [0.05, 0.1) is 18.3 Å². The Hall–Kier alpha value is -1.49. The summed E-state index contributed by atoms with van der Waals surface area (Å²) in [5, 5.41) is 0. The molecule has 0 aromatic rings. The summed E-state index contributed by atoms with van der Waals surface area (Å²) in [5.74, 6) is 0.818. The van der Waals surface area contributed by atoms with Crippen LogP contribution in [0.25, 0.3) is 0 Å². The van der Waals surface area contributed by atoms with Crippen LogP contribution in [0.15, 0.2) is 33.9 Å². The second-order valence-corrected chi connectivity index (χ2v) is 6.73. The molecule has 0 saturated carbocycles. The summed E-state index contributed by atoms with van der Waals surface area (Å²) in [6, 6.07) is 0. The van der Waals surface area contributed by atoms with E-state index in [1.165, 1.54) is 7.11 Å². The zero-order chi connectivity index (χ0) is 15.6. The summed E-state index contributed by atoms with van der Waals surface area (Å²) >= 11 is 1.71. The maximum atomic E-state index is 12.6. The minimum atomic E-state index is -0.443. The average Bonchev–Trinajstić information content (AvgIpc) is 3.01. The van der Waals surface area contributed by atoms with E-state index < -0.39 is 5.97 Å². The molecule has 2 heterocycles. The molecule has 0 saturated heterocycles. The van der Waals surface area contributed by atoms with Crippen molar-refractivity contribution in [2.75, 3.05) is 19.4 Å². The lowest BCUT2D eigenvalue weighted by Crippen LogP contribution is -2.29. The van der Waals surface area contributed by atoms with Gasteiger partial charge in [-0.25, -0.2) is 4.79 Å². The van der Waals surface area contributed by atoms with Gasteiger partial charge in [0.25, 0.3) is 5.91 Å². The van der Waals surface area contributed by atoms with E-state index in [0.717, 1.165) is 17.1 Å². The molecule has 0 fully saturated rings. The molecule has 0 aromatic carbocycles. The molecule has 2 rings (SSSR count). The Bertz CT molecular complexity index is 558. The van der Waals surface area contributed by atoms with Crippen molar-refractivity contribution in [3.63, 3.8) is 0 Å². The quantitative estimate of drug-likeness (QED) is 0.592. The molecule has 0 aliphatic carbocycles. The van der Waals surface area contributed by atoms with Crippen LogP contribution in [0.4, 0.5) is 0 Å². The summed E-state index contributed by atoms with van der Waals surface area (Å²) in [6.45, 7) is 6.52. The fraction of sp³-hybridized carbons (Fsp3) is 0.500. The number of hydrogen-bond donors (Lipinski definition) is 0. The molecule has 0 unspecified atom stereocenters. The van der Waals surface area contributed by atoms with Crippen molar-refractivity contribution in [2.24, 2.45) is 5.92 Å². The van der Waals surface area contributed by atoms with Crippen molar-refractivity contribution in [1.29, 1.82) is 0 Å². The molecular weight excluding hydrogens is 286 g/mol. The average molecular weight is 307 g/mol. The molecule has 1 amide bonds. The highest BCUT2D eigenvalue weighted by Gasteiger charge is 2.37. The van der Waals surface area contributed by atoms with Crippen LogP contribution in [-0.4, -0.2) is 36.2 Å². The fourth-order valence-corrected chi connectivity index (χ4v) is 3.40. The lowest BCUT2D eigenvalue weighted by atomic mass is 10.1. The molecule has 114 valence electrons. The Morgan fingerprint density at radius 2 is 2.24 bits per heavy atom. The number of hydrogen-bond acceptors (Lipinski definition) is 4. The van der Waals surface area contributed by atoms with Gasteiger partial charge in [0, 0.05) is 22.9 Å². The van der Waals surface area contributed by atoms with Gasteiger partial charge in [-0.1, -0.05) is 19.9 Å². The Kier molecular flexibility index (Phi) is 4.93. The first kappa shape index (κ1) is 15.9. The molecule has 4 nitrogen and oxygen atoms in total. The van der Waals surface area contributed by atoms with E-state index in [4.69, 9.17) is 4.74 Å². The van der Waals surface area contributed by atoms with Crippen LogP contribution in [0, 0.1) is 5.92 Å². The number of esters is 1. The van der Waals surface area contributed by atoms with Crippen LogP contribution in [-0.2, 0) is 14.3 Å². The predicted octanol–water partition coefficient (Wildman–Crippen LogP) is 2.88. The standard InChI is InChI=1S/C16H21NO3S/c1-10(2)9-17-11(3)14(16(19)20-4)13(15(17)18)8-12-6-5-7-21-12/h6,8,10H,5,7,9H2,1-4H3/b13-8-. The molecule has 2 aliphatic heterocycles. The van der Waals surface area contributed by atoms with Gasteiger partial charge in [-0.05, 0) is 25.3 Å². The van der Waals surface area contributed by atoms with Crippen molar-refractivity contribution >= 4 is 23.6 Å². The lowest BCUT2D eigenvalue weighted by Gasteiger charge is -2.19. The normalized spacial score (nSPS) is 20.8. The number of nitrogens with zero attached hydrogens (tertiary/aromatic N) is 1. The summed E-state index contributed by atoms with van der Waals surface area (Å²) < 4.78 is 4.86. The minimum absolute atomic E-state index is 0.102. The van der Waals surface area contributed by atoms with E-state index in [1.807, 2.05) is 13.0 Å². The highest BCUT2D eigenvalue weighted by Crippen LogP contribution is 2.34. The Morgan fingerprint density at radius 3 is 2.76 bits per heavy atom. The van der Waals surface area contributed by atoms with E-state index in [1.54, 1.807) is 16.7 Å². The van der Waals surface area contributed by atoms with Gasteiger partial charge >= 0.3 is 5.97 Å². The van der Waals surface area contributed by atoms with Gasteiger partial charge in [0.15, 0.2) is 0 Å². The van der Waals surface area contributed by atoms with E-state index in [-0.39, 0.29) is 5.91 Å². The fourth-order valence-electron chi connectivity index (χ4n) is 2.49. The topological polar surface area (TPSA) is 46.6 Å². The Labute approximate surface area is 129 Å². The number of thioether (sulfide) groups is 1. The molecule has 2 aliphatic rings. The number of amides is 1. The highest BCUT2D eigenvalue weighted by molar-refractivity contribution is 8.03. The number of ether oxygens (including phenoxy) is 1. The van der Waals surface area contributed by atoms with E-state index in [2.05, 4.69) is 19.9 Å². The van der Waals surface area contributed by atoms with Gasteiger partial charge in [0.2, 0.25) is 0 Å².